The van der Waals surface area contributed by atoms with Crippen LogP contribution in [-0.2, 0) is 9.53 Å². The number of likely N-dealkylation sites (N-methyl/N-ethyl adjacent to an activating group) is 1. The summed E-state index contributed by atoms with van der Waals surface area (Å²) in [5.41, 5.74) is 4.00. The van der Waals surface area contributed by atoms with Gasteiger partial charge in [0.1, 0.15) is 0 Å². The number of benzene rings is 1. The van der Waals surface area contributed by atoms with E-state index in [1.807, 2.05) is 0 Å². The van der Waals surface area contributed by atoms with Crippen LogP contribution in [0.25, 0.3) is 0 Å². The van der Waals surface area contributed by atoms with Gasteiger partial charge in [0.25, 0.3) is 0 Å². The van der Waals surface area contributed by atoms with Gasteiger partial charge in [-0.25, -0.2) is 0 Å². The van der Waals surface area contributed by atoms with Crippen LogP contribution in [0.2, 0.25) is 0 Å². The minimum Gasteiger partial charge on any atom is -0.373 e. The smallest absolute Gasteiger partial charge is 0.229 e. The molecule has 5 rings (SSSR count). The molecule has 6 atom stereocenters. The zero-order valence-corrected chi connectivity index (χ0v) is 16.6. The molecule has 1 aromatic rings. The van der Waals surface area contributed by atoms with Gasteiger partial charge in [-0.1, -0.05) is 43.7 Å². The van der Waals surface area contributed by atoms with Gasteiger partial charge in [-0.05, 0) is 37.4 Å². The van der Waals surface area contributed by atoms with Gasteiger partial charge in [0.15, 0.2) is 0 Å². The number of rotatable bonds is 1. The minimum atomic E-state index is 0.0506. The Labute approximate surface area is 162 Å². The number of fused-ring (bicyclic) bond motifs is 7. The Morgan fingerprint density at radius 3 is 2.85 bits per heavy atom. The van der Waals surface area contributed by atoms with E-state index in [1.54, 1.807) is 5.57 Å². The van der Waals surface area contributed by atoms with Crippen molar-refractivity contribution in [1.29, 1.82) is 0 Å². The zero-order chi connectivity index (χ0) is 18.7. The quantitative estimate of drug-likeness (QED) is 0.712. The number of nitrogens with zero attached hydrogens (tertiary/aromatic N) is 2. The molecule has 0 radical (unpaired) electrons. The van der Waals surface area contributed by atoms with Crippen molar-refractivity contribution in [2.24, 2.45) is 11.8 Å². The summed E-state index contributed by atoms with van der Waals surface area (Å²) in [7, 11) is 0. The first-order chi connectivity index (χ1) is 13.1. The minimum absolute atomic E-state index is 0.0506. The Morgan fingerprint density at radius 2 is 2.04 bits per heavy atom. The highest BCUT2D eigenvalue weighted by atomic mass is 16.5. The number of anilines is 1. The van der Waals surface area contributed by atoms with Crippen LogP contribution in [-0.4, -0.2) is 48.7 Å². The Bertz CT molecular complexity index is 788. The number of hydrogen-bond donors (Lipinski definition) is 0. The first-order valence-corrected chi connectivity index (χ1v) is 10.6. The van der Waals surface area contributed by atoms with Gasteiger partial charge in [-0.3, -0.25) is 9.69 Å². The lowest BCUT2D eigenvalue weighted by molar-refractivity contribution is -0.128. The molecule has 0 spiro atoms. The number of carbonyl (C=O) groups is 1. The van der Waals surface area contributed by atoms with E-state index in [-0.39, 0.29) is 18.1 Å². The number of piperidine rings is 2. The van der Waals surface area contributed by atoms with Gasteiger partial charge in [0.2, 0.25) is 5.91 Å². The molecule has 144 valence electrons. The number of likely N-dealkylation sites (tertiary alicyclic amines) is 1. The van der Waals surface area contributed by atoms with Crippen molar-refractivity contribution < 1.29 is 9.53 Å². The van der Waals surface area contributed by atoms with E-state index in [0.29, 0.717) is 36.8 Å². The molecule has 4 heterocycles. The summed E-state index contributed by atoms with van der Waals surface area (Å²) in [6, 6.07) is 9.30. The lowest BCUT2D eigenvalue weighted by Gasteiger charge is -2.49. The lowest BCUT2D eigenvalue weighted by Crippen LogP contribution is -2.58. The predicted molar refractivity (Wildman–Crippen MR) is 107 cm³/mol. The molecule has 0 aromatic heterocycles. The number of para-hydroxylation sites is 1. The molecule has 27 heavy (non-hydrogen) atoms. The molecule has 1 amide bonds. The summed E-state index contributed by atoms with van der Waals surface area (Å²) in [6.45, 7) is 9.72. The second-order valence-corrected chi connectivity index (χ2v) is 8.79. The maximum absolute atomic E-state index is 13.1. The molecule has 0 bridgehead atoms. The second kappa shape index (κ2) is 6.46. The maximum Gasteiger partial charge on any atom is 0.229 e. The van der Waals surface area contributed by atoms with E-state index in [4.69, 9.17) is 4.74 Å². The van der Waals surface area contributed by atoms with Gasteiger partial charge in [0.05, 0.1) is 19.1 Å². The van der Waals surface area contributed by atoms with E-state index >= 15 is 0 Å². The van der Waals surface area contributed by atoms with E-state index in [9.17, 15) is 4.79 Å². The molecule has 4 aliphatic rings. The third-order valence-corrected chi connectivity index (χ3v) is 7.57. The van der Waals surface area contributed by atoms with Crippen molar-refractivity contribution in [3.8, 4) is 0 Å². The first-order valence-electron chi connectivity index (χ1n) is 10.6. The van der Waals surface area contributed by atoms with Gasteiger partial charge in [-0.2, -0.15) is 0 Å². The summed E-state index contributed by atoms with van der Waals surface area (Å²) in [4.78, 5) is 17.8. The Morgan fingerprint density at radius 1 is 1.22 bits per heavy atom. The van der Waals surface area contributed by atoms with Gasteiger partial charge < -0.3 is 9.64 Å². The second-order valence-electron chi connectivity index (χ2n) is 8.79. The van der Waals surface area contributed by atoms with Crippen LogP contribution >= 0.6 is 0 Å². The highest BCUT2D eigenvalue weighted by Crippen LogP contribution is 2.52. The van der Waals surface area contributed by atoms with E-state index in [2.05, 4.69) is 60.9 Å². The average molecular weight is 367 g/mol. The number of ether oxygens (including phenoxy) is 1. The average Bonchev–Trinajstić information content (AvgIpc) is 2.85. The summed E-state index contributed by atoms with van der Waals surface area (Å²) in [6.07, 6.45) is 4.06. The van der Waals surface area contributed by atoms with Crippen molar-refractivity contribution >= 4 is 11.6 Å². The summed E-state index contributed by atoms with van der Waals surface area (Å²) in [5.74, 6) is 1.51. The molecule has 1 aromatic carbocycles. The van der Waals surface area contributed by atoms with Crippen LogP contribution in [0.1, 0.15) is 45.1 Å². The molecule has 2 fully saturated rings. The summed E-state index contributed by atoms with van der Waals surface area (Å²) in [5, 5.41) is 0. The van der Waals surface area contributed by atoms with Gasteiger partial charge in [-0.15, -0.1) is 0 Å². The predicted octanol–water partition coefficient (Wildman–Crippen LogP) is 3.58. The highest BCUT2D eigenvalue weighted by molar-refractivity contribution is 5.98. The molecular weight excluding hydrogens is 336 g/mol. The molecule has 4 aliphatic heterocycles. The largest absolute Gasteiger partial charge is 0.373 e. The molecule has 0 N–H and O–H groups in total. The fourth-order valence-electron chi connectivity index (χ4n) is 6.26. The van der Waals surface area contributed by atoms with Crippen molar-refractivity contribution in [1.82, 2.24) is 4.90 Å². The first kappa shape index (κ1) is 17.4. The number of hydrogen-bond acceptors (Lipinski definition) is 3. The van der Waals surface area contributed by atoms with Crippen LogP contribution in [0.3, 0.4) is 0 Å². The van der Waals surface area contributed by atoms with E-state index in [1.165, 1.54) is 12.0 Å². The van der Waals surface area contributed by atoms with Crippen LogP contribution in [0, 0.1) is 11.8 Å². The molecule has 4 nitrogen and oxygen atoms in total. The van der Waals surface area contributed by atoms with Crippen LogP contribution in [0.15, 0.2) is 35.9 Å². The van der Waals surface area contributed by atoms with Crippen LogP contribution in [0.4, 0.5) is 5.69 Å². The third kappa shape index (κ3) is 2.53. The molecule has 0 saturated carbocycles. The standard InChI is InChI=1S/C23H30N2O2/c1-4-24-13-16-9-10-27-20-12-21(26)25-19-8-6-5-7-17(19)15(3)23(25)22(20)18(16)11-14(24)2/h5-9,14-15,18,20,22-23H,4,10-13H2,1-3H3/t14-,15-,18-,20?,22+,23-/m1/s1. The third-order valence-electron chi connectivity index (χ3n) is 7.57. The van der Waals surface area contributed by atoms with Crippen molar-refractivity contribution in [2.75, 3.05) is 24.6 Å². The highest BCUT2D eigenvalue weighted by Gasteiger charge is 2.54. The summed E-state index contributed by atoms with van der Waals surface area (Å²) < 4.78 is 6.29. The molecule has 2 saturated heterocycles. The van der Waals surface area contributed by atoms with Crippen molar-refractivity contribution in [3.63, 3.8) is 0 Å². The number of carbonyl (C=O) groups excluding carboxylic acids is 1. The maximum atomic E-state index is 13.1. The molecular formula is C23H30N2O2. The SMILES string of the molecule is CCN1CC2=CCOC3CC(=O)N4c5ccccc5[C@@H](C)[C@@H]4[C@H]3[C@@H]2C[C@H]1C. The lowest BCUT2D eigenvalue weighted by atomic mass is 9.68. The monoisotopic (exact) mass is 366 g/mol. The fraction of sp³-hybridized carbons (Fsp3) is 0.609. The van der Waals surface area contributed by atoms with Crippen LogP contribution < -0.4 is 4.90 Å². The fourth-order valence-corrected chi connectivity index (χ4v) is 6.26. The Balaban J connectivity index is 1.56. The van der Waals surface area contributed by atoms with Crippen molar-refractivity contribution in [3.05, 3.63) is 41.5 Å². The topological polar surface area (TPSA) is 32.8 Å². The molecule has 1 unspecified atom stereocenters. The van der Waals surface area contributed by atoms with Crippen LogP contribution in [0.5, 0.6) is 0 Å². The summed E-state index contributed by atoms with van der Waals surface area (Å²) >= 11 is 0. The van der Waals surface area contributed by atoms with Gasteiger partial charge in [0, 0.05) is 36.2 Å². The molecule has 0 aliphatic carbocycles. The van der Waals surface area contributed by atoms with Crippen molar-refractivity contribution in [2.45, 2.75) is 57.7 Å². The Kier molecular flexibility index (Phi) is 4.17. The van der Waals surface area contributed by atoms with E-state index in [0.717, 1.165) is 18.8 Å². The van der Waals surface area contributed by atoms with E-state index < -0.39 is 0 Å². The number of amides is 1. The Hall–Kier alpha value is -1.65. The normalized spacial score (nSPS) is 38.4. The molecule has 4 heteroatoms. The van der Waals surface area contributed by atoms with Gasteiger partial charge >= 0.3 is 0 Å². The zero-order valence-electron chi connectivity index (χ0n) is 16.6.